The Balaban J connectivity index is 1.40. The molecule has 0 aromatic heterocycles. The second-order valence-electron chi connectivity index (χ2n) is 7.77. The first-order valence-corrected chi connectivity index (χ1v) is 10.5. The number of amides is 2. The zero-order valence-corrected chi connectivity index (χ0v) is 18.0. The van der Waals surface area contributed by atoms with Gasteiger partial charge >= 0.3 is 5.97 Å². The monoisotopic (exact) mass is 423 g/mol. The van der Waals surface area contributed by atoms with Crippen molar-refractivity contribution in [3.05, 3.63) is 71.3 Å². The summed E-state index contributed by atoms with van der Waals surface area (Å²) in [6, 6.07) is 17.3. The number of aryl methyl sites for hydroxylation is 1. The molecule has 0 bridgehead atoms. The number of nitrogens with zero attached hydrogens (tertiary/aromatic N) is 2. The van der Waals surface area contributed by atoms with E-state index in [2.05, 4.69) is 22.3 Å². The van der Waals surface area contributed by atoms with Gasteiger partial charge in [0.1, 0.15) is 6.54 Å². The highest BCUT2D eigenvalue weighted by atomic mass is 16.5. The Morgan fingerprint density at radius 3 is 2.39 bits per heavy atom. The number of carbonyl (C=O) groups is 3. The molecular formula is C24H29N3O4. The van der Waals surface area contributed by atoms with Crippen LogP contribution in [0.25, 0.3) is 0 Å². The second kappa shape index (κ2) is 10.7. The second-order valence-corrected chi connectivity index (χ2v) is 7.77. The first kappa shape index (κ1) is 22.5. The maximum Gasteiger partial charge on any atom is 0.326 e. The third-order valence-electron chi connectivity index (χ3n) is 5.26. The van der Waals surface area contributed by atoms with Crippen molar-refractivity contribution in [3.8, 4) is 0 Å². The fraction of sp³-hybridized carbons (Fsp3) is 0.375. The Morgan fingerprint density at radius 2 is 1.71 bits per heavy atom. The smallest absolute Gasteiger partial charge is 0.326 e. The molecule has 2 amide bonds. The number of carbonyl (C=O) groups excluding carboxylic acids is 3. The van der Waals surface area contributed by atoms with Crippen LogP contribution in [0.3, 0.4) is 0 Å². The Kier molecular flexibility index (Phi) is 7.78. The molecule has 0 radical (unpaired) electrons. The van der Waals surface area contributed by atoms with E-state index < -0.39 is 12.1 Å². The Labute approximate surface area is 183 Å². The van der Waals surface area contributed by atoms with Gasteiger partial charge in [-0.3, -0.25) is 19.3 Å². The molecule has 1 saturated heterocycles. The molecule has 7 heteroatoms. The maximum atomic E-state index is 12.6. The maximum absolute atomic E-state index is 12.6. The van der Waals surface area contributed by atoms with Crippen molar-refractivity contribution in [1.82, 2.24) is 15.1 Å². The van der Waals surface area contributed by atoms with Crippen LogP contribution in [0.1, 0.15) is 28.4 Å². The number of piperazine rings is 1. The first-order chi connectivity index (χ1) is 14.9. The summed E-state index contributed by atoms with van der Waals surface area (Å²) in [5.74, 6) is -1.20. The Bertz CT molecular complexity index is 908. The lowest BCUT2D eigenvalue weighted by Gasteiger charge is -2.35. The minimum absolute atomic E-state index is 0.210. The van der Waals surface area contributed by atoms with Gasteiger partial charge in [-0.25, -0.2) is 0 Å². The van der Waals surface area contributed by atoms with E-state index in [-0.39, 0.29) is 18.4 Å². The minimum Gasteiger partial charge on any atom is -0.451 e. The molecule has 1 aliphatic heterocycles. The Morgan fingerprint density at radius 1 is 1.00 bits per heavy atom. The minimum atomic E-state index is -0.885. The van der Waals surface area contributed by atoms with Crippen molar-refractivity contribution in [1.29, 1.82) is 0 Å². The van der Waals surface area contributed by atoms with Gasteiger partial charge in [0.05, 0.1) is 0 Å². The van der Waals surface area contributed by atoms with Crippen molar-refractivity contribution >= 4 is 17.8 Å². The molecule has 1 heterocycles. The standard InChI is InChI=1S/C24H29N3O4/c1-18-7-6-10-21(15-18)23(29)25-16-22(28)31-19(2)24(30)27-13-11-26(12-14-27)17-20-8-4-3-5-9-20/h3-10,15,19H,11-14,16-17H2,1-2H3,(H,25,29). The van der Waals surface area contributed by atoms with Crippen LogP contribution in [0.15, 0.2) is 54.6 Å². The number of ether oxygens (including phenoxy) is 1. The summed E-state index contributed by atoms with van der Waals surface area (Å²) in [5, 5.41) is 2.53. The molecular weight excluding hydrogens is 394 g/mol. The quantitative estimate of drug-likeness (QED) is 0.689. The number of hydrogen-bond donors (Lipinski definition) is 1. The van der Waals surface area contributed by atoms with Gasteiger partial charge in [0.25, 0.3) is 11.8 Å². The third kappa shape index (κ3) is 6.65. The molecule has 2 aromatic rings. The Hall–Kier alpha value is -3.19. The topological polar surface area (TPSA) is 78.9 Å². The van der Waals surface area contributed by atoms with E-state index in [4.69, 9.17) is 4.74 Å². The van der Waals surface area contributed by atoms with Crippen LogP contribution in [0.2, 0.25) is 0 Å². The largest absolute Gasteiger partial charge is 0.451 e. The predicted octanol–water partition coefficient (Wildman–Crippen LogP) is 2.00. The SMILES string of the molecule is Cc1cccc(C(=O)NCC(=O)OC(C)C(=O)N2CCN(Cc3ccccc3)CC2)c1. The number of hydrogen-bond acceptors (Lipinski definition) is 5. The van der Waals surface area contributed by atoms with Gasteiger partial charge in [-0.05, 0) is 31.5 Å². The molecule has 7 nitrogen and oxygen atoms in total. The average Bonchev–Trinajstić information content (AvgIpc) is 2.78. The number of esters is 1. The zero-order valence-electron chi connectivity index (χ0n) is 18.0. The van der Waals surface area contributed by atoms with E-state index in [1.165, 1.54) is 5.56 Å². The predicted molar refractivity (Wildman–Crippen MR) is 117 cm³/mol. The highest BCUT2D eigenvalue weighted by molar-refractivity contribution is 5.96. The summed E-state index contributed by atoms with van der Waals surface area (Å²) in [4.78, 5) is 40.9. The van der Waals surface area contributed by atoms with Gasteiger partial charge in [-0.1, -0.05) is 48.0 Å². The molecule has 0 saturated carbocycles. The molecule has 3 rings (SSSR count). The van der Waals surface area contributed by atoms with Crippen molar-refractivity contribution < 1.29 is 19.1 Å². The lowest BCUT2D eigenvalue weighted by Crippen LogP contribution is -2.51. The molecule has 1 atom stereocenters. The van der Waals surface area contributed by atoms with Gasteiger partial charge < -0.3 is 15.0 Å². The van der Waals surface area contributed by atoms with E-state index >= 15 is 0 Å². The molecule has 164 valence electrons. The van der Waals surface area contributed by atoms with Crippen molar-refractivity contribution in [2.45, 2.75) is 26.5 Å². The number of benzene rings is 2. The van der Waals surface area contributed by atoms with Crippen LogP contribution in [0.5, 0.6) is 0 Å². The van der Waals surface area contributed by atoms with E-state index in [1.807, 2.05) is 31.2 Å². The van der Waals surface area contributed by atoms with E-state index in [1.54, 1.807) is 30.0 Å². The van der Waals surface area contributed by atoms with E-state index in [0.717, 1.165) is 25.2 Å². The van der Waals surface area contributed by atoms with Crippen LogP contribution < -0.4 is 5.32 Å². The molecule has 1 N–H and O–H groups in total. The number of rotatable bonds is 7. The van der Waals surface area contributed by atoms with Crippen LogP contribution in [0.4, 0.5) is 0 Å². The average molecular weight is 424 g/mol. The highest BCUT2D eigenvalue weighted by Gasteiger charge is 2.27. The highest BCUT2D eigenvalue weighted by Crippen LogP contribution is 2.10. The van der Waals surface area contributed by atoms with Crippen molar-refractivity contribution in [3.63, 3.8) is 0 Å². The van der Waals surface area contributed by atoms with Crippen LogP contribution in [-0.2, 0) is 20.9 Å². The van der Waals surface area contributed by atoms with Crippen molar-refractivity contribution in [2.24, 2.45) is 0 Å². The summed E-state index contributed by atoms with van der Waals surface area (Å²) in [6.07, 6.45) is -0.885. The lowest BCUT2D eigenvalue weighted by molar-refractivity contribution is -0.159. The fourth-order valence-electron chi connectivity index (χ4n) is 3.56. The van der Waals surface area contributed by atoms with Crippen LogP contribution >= 0.6 is 0 Å². The summed E-state index contributed by atoms with van der Waals surface area (Å²) < 4.78 is 5.24. The fourth-order valence-corrected chi connectivity index (χ4v) is 3.56. The molecule has 31 heavy (non-hydrogen) atoms. The van der Waals surface area contributed by atoms with E-state index in [0.29, 0.717) is 18.7 Å². The zero-order chi connectivity index (χ0) is 22.2. The van der Waals surface area contributed by atoms with Gasteiger partial charge in [0.2, 0.25) is 0 Å². The molecule has 1 unspecified atom stereocenters. The van der Waals surface area contributed by atoms with Gasteiger partial charge in [0, 0.05) is 38.3 Å². The van der Waals surface area contributed by atoms with E-state index in [9.17, 15) is 14.4 Å². The third-order valence-corrected chi connectivity index (χ3v) is 5.26. The van der Waals surface area contributed by atoms with Crippen LogP contribution in [-0.4, -0.2) is 66.4 Å². The van der Waals surface area contributed by atoms with Gasteiger partial charge in [-0.15, -0.1) is 0 Å². The summed E-state index contributed by atoms with van der Waals surface area (Å²) in [6.45, 7) is 6.76. The molecule has 0 spiro atoms. The lowest BCUT2D eigenvalue weighted by atomic mass is 10.1. The molecule has 1 fully saturated rings. The summed E-state index contributed by atoms with van der Waals surface area (Å²) >= 11 is 0. The number of nitrogens with one attached hydrogen (secondary N) is 1. The van der Waals surface area contributed by atoms with Crippen molar-refractivity contribution in [2.75, 3.05) is 32.7 Å². The molecule has 1 aliphatic rings. The summed E-state index contributed by atoms with van der Waals surface area (Å²) in [7, 11) is 0. The molecule has 0 aliphatic carbocycles. The van der Waals surface area contributed by atoms with Gasteiger partial charge in [0.15, 0.2) is 6.10 Å². The first-order valence-electron chi connectivity index (χ1n) is 10.5. The van der Waals surface area contributed by atoms with Crippen LogP contribution in [0, 0.1) is 6.92 Å². The summed E-state index contributed by atoms with van der Waals surface area (Å²) in [5.41, 5.74) is 2.68. The molecule has 2 aromatic carbocycles. The normalized spacial score (nSPS) is 15.2. The van der Waals surface area contributed by atoms with Gasteiger partial charge in [-0.2, -0.15) is 0 Å².